The number of imidazole rings is 1. The highest BCUT2D eigenvalue weighted by atomic mass is 16.3. The Hall–Kier alpha value is -2.96. The number of hydrogen-bond acceptors (Lipinski definition) is 6. The van der Waals surface area contributed by atoms with E-state index in [1.807, 2.05) is 23.6 Å². The fourth-order valence-electron chi connectivity index (χ4n) is 2.61. The topological polar surface area (TPSA) is 81.7 Å². The second-order valence-corrected chi connectivity index (χ2v) is 5.35. The molecule has 4 rings (SSSR count). The van der Waals surface area contributed by atoms with E-state index in [1.165, 1.54) is 0 Å². The molecule has 4 heterocycles. The Kier molecular flexibility index (Phi) is 3.18. The zero-order valence-corrected chi connectivity index (χ0v) is 12.9. The van der Waals surface area contributed by atoms with E-state index in [1.54, 1.807) is 25.0 Å². The van der Waals surface area contributed by atoms with Crippen LogP contribution in [0, 0.1) is 0 Å². The van der Waals surface area contributed by atoms with Gasteiger partial charge in [0.25, 0.3) is 0 Å². The minimum atomic E-state index is -0.0488. The van der Waals surface area contributed by atoms with E-state index in [2.05, 4.69) is 32.2 Å². The number of rotatable bonds is 4. The van der Waals surface area contributed by atoms with Crippen LogP contribution in [0.1, 0.15) is 25.6 Å². The van der Waals surface area contributed by atoms with E-state index in [0.29, 0.717) is 5.82 Å². The van der Waals surface area contributed by atoms with E-state index >= 15 is 0 Å². The molecule has 0 bridgehead atoms. The number of fused-ring (bicyclic) bond motifs is 2. The molecule has 4 aromatic heterocycles. The van der Waals surface area contributed by atoms with Crippen molar-refractivity contribution in [1.29, 1.82) is 0 Å². The third-order valence-corrected chi connectivity index (χ3v) is 3.86. The van der Waals surface area contributed by atoms with Crippen LogP contribution in [-0.4, -0.2) is 24.5 Å². The highest BCUT2D eigenvalue weighted by Gasteiger charge is 2.15. The lowest BCUT2D eigenvalue weighted by Crippen LogP contribution is -2.08. The monoisotopic (exact) mass is 308 g/mol. The van der Waals surface area contributed by atoms with Gasteiger partial charge in [0.15, 0.2) is 11.5 Å². The van der Waals surface area contributed by atoms with Crippen LogP contribution in [0.15, 0.2) is 41.6 Å². The molecule has 4 aromatic rings. The number of furan rings is 1. The largest absolute Gasteiger partial charge is 0.459 e. The molecule has 0 radical (unpaired) electrons. The molecule has 1 atom stereocenters. The van der Waals surface area contributed by atoms with E-state index in [0.717, 1.165) is 34.4 Å². The molecule has 1 N–H and O–H groups in total. The van der Waals surface area contributed by atoms with Crippen molar-refractivity contribution in [3.63, 3.8) is 0 Å². The fourth-order valence-corrected chi connectivity index (χ4v) is 2.61. The molecule has 0 aliphatic heterocycles. The van der Waals surface area contributed by atoms with Crippen LogP contribution in [-0.2, 0) is 6.54 Å². The maximum absolute atomic E-state index is 5.87. The smallest absolute Gasteiger partial charge is 0.165 e. The van der Waals surface area contributed by atoms with Gasteiger partial charge >= 0.3 is 0 Å². The minimum absolute atomic E-state index is 0.0488. The van der Waals surface area contributed by atoms with Gasteiger partial charge in [-0.2, -0.15) is 0 Å². The molecule has 1 unspecified atom stereocenters. The lowest BCUT2D eigenvalue weighted by Gasteiger charge is -2.12. The van der Waals surface area contributed by atoms with Gasteiger partial charge in [-0.1, -0.05) is 0 Å². The average Bonchev–Trinajstić information content (AvgIpc) is 3.19. The number of hydrogen-bond donors (Lipinski definition) is 1. The van der Waals surface area contributed by atoms with Crippen LogP contribution in [0.3, 0.4) is 0 Å². The Morgan fingerprint density at radius 3 is 3.04 bits per heavy atom. The molecular formula is C16H16N6O. The lowest BCUT2D eigenvalue weighted by molar-refractivity contribution is 0.525. The van der Waals surface area contributed by atoms with Crippen LogP contribution in [0.25, 0.3) is 22.1 Å². The molecule has 0 aromatic carbocycles. The standard InChI is InChI=1S/C16H16N6O/c1-3-22-9-20-14-15(18-8-19-16(14)22)21-10(2)13-6-11-7-17-5-4-12(11)23-13/h4-10H,3H2,1-2H3,(H,18,19,21). The second kappa shape index (κ2) is 5.35. The number of anilines is 1. The van der Waals surface area contributed by atoms with Crippen molar-refractivity contribution in [3.05, 3.63) is 42.9 Å². The number of aromatic nitrogens is 5. The molecule has 0 aliphatic rings. The van der Waals surface area contributed by atoms with Crippen LogP contribution in [0.4, 0.5) is 5.82 Å². The van der Waals surface area contributed by atoms with Crippen molar-refractivity contribution < 1.29 is 4.42 Å². The summed E-state index contributed by atoms with van der Waals surface area (Å²) in [5.74, 6) is 1.53. The predicted octanol–water partition coefficient (Wildman–Crippen LogP) is 3.16. The summed E-state index contributed by atoms with van der Waals surface area (Å²) in [4.78, 5) is 17.1. The maximum Gasteiger partial charge on any atom is 0.165 e. The zero-order chi connectivity index (χ0) is 15.8. The summed E-state index contributed by atoms with van der Waals surface area (Å²) in [6.45, 7) is 4.90. The first-order chi connectivity index (χ1) is 11.3. The first-order valence-electron chi connectivity index (χ1n) is 7.52. The summed E-state index contributed by atoms with van der Waals surface area (Å²) in [6, 6.07) is 3.80. The molecule has 0 aliphatic carbocycles. The Balaban J connectivity index is 1.68. The molecule has 0 spiro atoms. The normalized spacial score (nSPS) is 12.8. The SMILES string of the molecule is CCn1cnc2c(NC(C)c3cc4cnccc4o3)ncnc21. The van der Waals surface area contributed by atoms with Gasteiger partial charge in [0.2, 0.25) is 0 Å². The van der Waals surface area contributed by atoms with Gasteiger partial charge in [-0.05, 0) is 26.0 Å². The van der Waals surface area contributed by atoms with E-state index < -0.39 is 0 Å². The van der Waals surface area contributed by atoms with E-state index in [4.69, 9.17) is 4.42 Å². The van der Waals surface area contributed by atoms with Crippen LogP contribution in [0.5, 0.6) is 0 Å². The van der Waals surface area contributed by atoms with Gasteiger partial charge in [-0.15, -0.1) is 0 Å². The van der Waals surface area contributed by atoms with E-state index in [9.17, 15) is 0 Å². The van der Waals surface area contributed by atoms with Crippen LogP contribution in [0.2, 0.25) is 0 Å². The van der Waals surface area contributed by atoms with E-state index in [-0.39, 0.29) is 6.04 Å². The summed E-state index contributed by atoms with van der Waals surface area (Å²) < 4.78 is 7.85. The number of nitrogens with zero attached hydrogens (tertiary/aromatic N) is 5. The zero-order valence-electron chi connectivity index (χ0n) is 12.9. The summed E-state index contributed by atoms with van der Waals surface area (Å²) >= 11 is 0. The van der Waals surface area contributed by atoms with Gasteiger partial charge in [0.1, 0.15) is 23.2 Å². The molecule has 0 fully saturated rings. The van der Waals surface area contributed by atoms with Gasteiger partial charge in [0.05, 0.1) is 12.4 Å². The summed E-state index contributed by atoms with van der Waals surface area (Å²) in [5, 5.41) is 4.34. The number of nitrogens with one attached hydrogen (secondary N) is 1. The quantitative estimate of drug-likeness (QED) is 0.623. The summed E-state index contributed by atoms with van der Waals surface area (Å²) in [7, 11) is 0. The summed E-state index contributed by atoms with van der Waals surface area (Å²) in [6.07, 6.45) is 6.84. The third kappa shape index (κ3) is 2.30. The fraction of sp³-hybridized carbons (Fsp3) is 0.250. The highest BCUT2D eigenvalue weighted by molar-refractivity contribution is 5.83. The van der Waals surface area contributed by atoms with Crippen molar-refractivity contribution in [3.8, 4) is 0 Å². The molecule has 7 nitrogen and oxygen atoms in total. The van der Waals surface area contributed by atoms with Gasteiger partial charge in [-0.25, -0.2) is 15.0 Å². The second-order valence-electron chi connectivity index (χ2n) is 5.35. The molecule has 0 saturated heterocycles. The molecule has 0 saturated carbocycles. The van der Waals surface area contributed by atoms with Crippen molar-refractivity contribution in [2.45, 2.75) is 26.4 Å². The average molecular weight is 308 g/mol. The third-order valence-electron chi connectivity index (χ3n) is 3.86. The molecule has 7 heteroatoms. The van der Waals surface area contributed by atoms with Crippen molar-refractivity contribution in [2.24, 2.45) is 0 Å². The first kappa shape index (κ1) is 13.7. The lowest BCUT2D eigenvalue weighted by atomic mass is 10.2. The predicted molar refractivity (Wildman–Crippen MR) is 87.0 cm³/mol. The first-order valence-corrected chi connectivity index (χ1v) is 7.52. The summed E-state index contributed by atoms with van der Waals surface area (Å²) in [5.41, 5.74) is 2.41. The van der Waals surface area contributed by atoms with Gasteiger partial charge in [0, 0.05) is 24.3 Å². The van der Waals surface area contributed by atoms with Crippen molar-refractivity contribution in [2.75, 3.05) is 5.32 Å². The van der Waals surface area contributed by atoms with Crippen molar-refractivity contribution >= 4 is 28.0 Å². The Labute approximate surface area is 132 Å². The molecule has 116 valence electrons. The van der Waals surface area contributed by atoms with Crippen LogP contribution >= 0.6 is 0 Å². The maximum atomic E-state index is 5.87. The highest BCUT2D eigenvalue weighted by Crippen LogP contribution is 2.27. The molecule has 23 heavy (non-hydrogen) atoms. The van der Waals surface area contributed by atoms with Gasteiger partial charge in [-0.3, -0.25) is 4.98 Å². The molecular weight excluding hydrogens is 292 g/mol. The number of aryl methyl sites for hydroxylation is 1. The van der Waals surface area contributed by atoms with Crippen molar-refractivity contribution in [1.82, 2.24) is 24.5 Å². The minimum Gasteiger partial charge on any atom is -0.459 e. The Morgan fingerprint density at radius 1 is 1.30 bits per heavy atom. The molecule has 0 amide bonds. The Bertz CT molecular complexity index is 940. The van der Waals surface area contributed by atoms with Crippen LogP contribution < -0.4 is 5.32 Å². The Morgan fingerprint density at radius 2 is 2.22 bits per heavy atom. The number of pyridine rings is 1. The van der Waals surface area contributed by atoms with Gasteiger partial charge < -0.3 is 14.3 Å².